The molecule has 0 amide bonds. The Kier molecular flexibility index (Phi) is 4.61. The maximum Gasteiger partial charge on any atom is 0.229 e. The van der Waals surface area contributed by atoms with Gasteiger partial charge < -0.3 is 9.84 Å². The molecule has 1 aromatic rings. The normalized spacial score (nSPS) is 24.6. The van der Waals surface area contributed by atoms with E-state index in [4.69, 9.17) is 4.52 Å². The number of aromatic nitrogens is 2. The molecule has 0 bridgehead atoms. The molecule has 2 rings (SSSR count). The van der Waals surface area contributed by atoms with Gasteiger partial charge in [0, 0.05) is 18.4 Å². The summed E-state index contributed by atoms with van der Waals surface area (Å²) in [7, 11) is 0. The average Bonchev–Trinajstić information content (AvgIpc) is 2.76. The van der Waals surface area contributed by atoms with Crippen LogP contribution in [0.25, 0.3) is 0 Å². The highest BCUT2D eigenvalue weighted by Crippen LogP contribution is 2.32. The van der Waals surface area contributed by atoms with Gasteiger partial charge in [-0.25, -0.2) is 0 Å². The minimum Gasteiger partial charge on any atom is -0.339 e. The van der Waals surface area contributed by atoms with Crippen LogP contribution >= 0.6 is 0 Å². The van der Waals surface area contributed by atoms with Crippen molar-refractivity contribution in [2.45, 2.75) is 71.8 Å². The zero-order valence-corrected chi connectivity index (χ0v) is 12.7. The molecule has 0 spiro atoms. The van der Waals surface area contributed by atoms with Gasteiger partial charge in [0.2, 0.25) is 5.89 Å². The van der Waals surface area contributed by atoms with E-state index >= 15 is 0 Å². The van der Waals surface area contributed by atoms with Crippen LogP contribution < -0.4 is 5.32 Å². The first-order valence-electron chi connectivity index (χ1n) is 7.54. The van der Waals surface area contributed by atoms with Crippen LogP contribution in [0, 0.1) is 5.41 Å². The number of hydrogen-bond acceptors (Lipinski definition) is 4. The fourth-order valence-corrected chi connectivity index (χ4v) is 2.81. The lowest BCUT2D eigenvalue weighted by Gasteiger charge is -2.26. The van der Waals surface area contributed by atoms with Crippen LogP contribution in [0.1, 0.15) is 71.0 Å². The molecular formula is C15H27N3O. The fourth-order valence-electron chi connectivity index (χ4n) is 2.81. The zero-order chi connectivity index (χ0) is 13.9. The van der Waals surface area contributed by atoms with Crippen molar-refractivity contribution in [3.63, 3.8) is 0 Å². The molecule has 4 nitrogen and oxygen atoms in total. The maximum absolute atomic E-state index is 5.46. The molecule has 1 aromatic heterocycles. The third kappa shape index (κ3) is 4.30. The Balaban J connectivity index is 1.90. The van der Waals surface area contributed by atoms with E-state index in [1.54, 1.807) is 0 Å². The summed E-state index contributed by atoms with van der Waals surface area (Å²) in [6, 6.07) is 0.679. The topological polar surface area (TPSA) is 51.0 Å². The Morgan fingerprint density at radius 3 is 2.47 bits per heavy atom. The highest BCUT2D eigenvalue weighted by molar-refractivity contribution is 4.98. The quantitative estimate of drug-likeness (QED) is 0.907. The van der Waals surface area contributed by atoms with Crippen molar-refractivity contribution in [2.75, 3.05) is 6.54 Å². The van der Waals surface area contributed by atoms with E-state index < -0.39 is 0 Å². The second kappa shape index (κ2) is 6.04. The first-order valence-corrected chi connectivity index (χ1v) is 7.54. The van der Waals surface area contributed by atoms with Gasteiger partial charge in [0.15, 0.2) is 5.82 Å². The van der Waals surface area contributed by atoms with Gasteiger partial charge in [0.25, 0.3) is 0 Å². The molecule has 108 valence electrons. The molecular weight excluding hydrogens is 238 g/mol. The molecule has 0 unspecified atom stereocenters. The monoisotopic (exact) mass is 265 g/mol. The van der Waals surface area contributed by atoms with Crippen LogP contribution in [-0.2, 0) is 6.42 Å². The highest BCUT2D eigenvalue weighted by Gasteiger charge is 2.26. The second-order valence-corrected chi connectivity index (χ2v) is 6.89. The molecule has 1 aliphatic rings. The van der Waals surface area contributed by atoms with Crippen molar-refractivity contribution in [3.05, 3.63) is 11.7 Å². The standard InChI is InChI=1S/C15H27N3O/c1-5-16-12-8-6-11(7-9-12)14-17-13(18-19-14)10-15(2,3)4/h11-12,16H,5-10H2,1-4H3. The van der Waals surface area contributed by atoms with E-state index in [-0.39, 0.29) is 5.41 Å². The van der Waals surface area contributed by atoms with E-state index in [2.05, 4.69) is 43.2 Å². The predicted octanol–water partition coefficient (Wildman–Crippen LogP) is 3.29. The van der Waals surface area contributed by atoms with E-state index in [0.29, 0.717) is 12.0 Å². The molecule has 0 aliphatic heterocycles. The predicted molar refractivity (Wildman–Crippen MR) is 76.1 cm³/mol. The average molecular weight is 265 g/mol. The molecule has 1 heterocycles. The molecule has 0 radical (unpaired) electrons. The summed E-state index contributed by atoms with van der Waals surface area (Å²) in [6.45, 7) is 9.83. The zero-order valence-electron chi connectivity index (χ0n) is 12.7. The fraction of sp³-hybridized carbons (Fsp3) is 0.867. The van der Waals surface area contributed by atoms with Crippen LogP contribution in [0.15, 0.2) is 4.52 Å². The van der Waals surface area contributed by atoms with Gasteiger partial charge >= 0.3 is 0 Å². The van der Waals surface area contributed by atoms with Gasteiger partial charge in [-0.15, -0.1) is 0 Å². The van der Waals surface area contributed by atoms with Crippen molar-refractivity contribution in [1.29, 1.82) is 0 Å². The molecule has 1 N–H and O–H groups in total. The largest absolute Gasteiger partial charge is 0.339 e. The van der Waals surface area contributed by atoms with Gasteiger partial charge in [0.05, 0.1) is 0 Å². The summed E-state index contributed by atoms with van der Waals surface area (Å²) in [6.07, 6.45) is 5.64. The summed E-state index contributed by atoms with van der Waals surface area (Å²) < 4.78 is 5.46. The molecule has 1 saturated carbocycles. The van der Waals surface area contributed by atoms with E-state index in [9.17, 15) is 0 Å². The Morgan fingerprint density at radius 1 is 1.21 bits per heavy atom. The van der Waals surface area contributed by atoms with Crippen molar-refractivity contribution < 1.29 is 4.52 Å². The third-order valence-corrected chi connectivity index (χ3v) is 3.74. The lowest BCUT2D eigenvalue weighted by molar-refractivity contribution is 0.282. The molecule has 1 aliphatic carbocycles. The SMILES string of the molecule is CCNC1CCC(c2nc(CC(C)(C)C)no2)CC1. The van der Waals surface area contributed by atoms with Crippen molar-refractivity contribution in [1.82, 2.24) is 15.5 Å². The maximum atomic E-state index is 5.46. The lowest BCUT2D eigenvalue weighted by Crippen LogP contribution is -2.32. The Morgan fingerprint density at radius 2 is 1.89 bits per heavy atom. The van der Waals surface area contributed by atoms with E-state index in [1.165, 1.54) is 12.8 Å². The van der Waals surface area contributed by atoms with Gasteiger partial charge in [-0.1, -0.05) is 32.9 Å². The van der Waals surface area contributed by atoms with Crippen molar-refractivity contribution in [2.24, 2.45) is 5.41 Å². The molecule has 0 atom stereocenters. The molecule has 4 heteroatoms. The first kappa shape index (κ1) is 14.5. The Bertz CT molecular complexity index is 386. The van der Waals surface area contributed by atoms with E-state index in [0.717, 1.165) is 37.5 Å². The van der Waals surface area contributed by atoms with Crippen LogP contribution in [0.4, 0.5) is 0 Å². The van der Waals surface area contributed by atoms with Gasteiger partial charge in [0.1, 0.15) is 0 Å². The second-order valence-electron chi connectivity index (χ2n) is 6.89. The number of nitrogens with zero attached hydrogens (tertiary/aromatic N) is 2. The third-order valence-electron chi connectivity index (χ3n) is 3.74. The van der Waals surface area contributed by atoms with Crippen LogP contribution in [0.5, 0.6) is 0 Å². The van der Waals surface area contributed by atoms with Crippen LogP contribution in [0.2, 0.25) is 0 Å². The minimum absolute atomic E-state index is 0.212. The Hall–Kier alpha value is -0.900. The first-order chi connectivity index (χ1) is 8.98. The number of nitrogens with one attached hydrogen (secondary N) is 1. The summed E-state index contributed by atoms with van der Waals surface area (Å²) in [5.41, 5.74) is 0.212. The summed E-state index contributed by atoms with van der Waals surface area (Å²) in [5.74, 6) is 2.18. The molecule has 19 heavy (non-hydrogen) atoms. The highest BCUT2D eigenvalue weighted by atomic mass is 16.5. The number of rotatable bonds is 4. The summed E-state index contributed by atoms with van der Waals surface area (Å²) >= 11 is 0. The van der Waals surface area contributed by atoms with Crippen LogP contribution in [-0.4, -0.2) is 22.7 Å². The van der Waals surface area contributed by atoms with Crippen LogP contribution in [0.3, 0.4) is 0 Å². The summed E-state index contributed by atoms with van der Waals surface area (Å²) in [4.78, 5) is 4.59. The molecule has 0 saturated heterocycles. The van der Waals surface area contributed by atoms with Gasteiger partial charge in [-0.05, 0) is 37.6 Å². The molecule has 1 fully saturated rings. The summed E-state index contributed by atoms with van der Waals surface area (Å²) in [5, 5.41) is 7.66. The molecule has 0 aromatic carbocycles. The lowest BCUT2D eigenvalue weighted by atomic mass is 9.86. The van der Waals surface area contributed by atoms with Gasteiger partial charge in [-0.3, -0.25) is 0 Å². The minimum atomic E-state index is 0.212. The van der Waals surface area contributed by atoms with Crippen molar-refractivity contribution >= 4 is 0 Å². The van der Waals surface area contributed by atoms with Gasteiger partial charge in [-0.2, -0.15) is 4.98 Å². The van der Waals surface area contributed by atoms with Crippen molar-refractivity contribution in [3.8, 4) is 0 Å². The number of hydrogen-bond donors (Lipinski definition) is 1. The Labute approximate surface area is 116 Å². The van der Waals surface area contributed by atoms with E-state index in [1.807, 2.05) is 0 Å². The smallest absolute Gasteiger partial charge is 0.229 e.